The van der Waals surface area contributed by atoms with E-state index in [0.717, 1.165) is 23.9 Å². The summed E-state index contributed by atoms with van der Waals surface area (Å²) in [6, 6.07) is 9.15. The van der Waals surface area contributed by atoms with Gasteiger partial charge in [0.05, 0.1) is 46.4 Å². The Labute approximate surface area is 213 Å². The van der Waals surface area contributed by atoms with E-state index < -0.39 is 32.6 Å². The summed E-state index contributed by atoms with van der Waals surface area (Å²) in [4.78, 5) is 5.24. The minimum Gasteiger partial charge on any atom is -0.726 e. The number of sulfone groups is 1. The summed E-state index contributed by atoms with van der Waals surface area (Å²) >= 11 is 0.401. The van der Waals surface area contributed by atoms with Gasteiger partial charge in [-0.3, -0.25) is 9.22 Å². The summed E-state index contributed by atoms with van der Waals surface area (Å²) < 4.78 is 64.7. The molecule has 0 unspecified atom stereocenters. The maximum Gasteiger partial charge on any atom is 0.231 e. The van der Waals surface area contributed by atoms with E-state index in [0.29, 0.717) is 30.8 Å². The van der Waals surface area contributed by atoms with Crippen molar-refractivity contribution in [1.29, 1.82) is 0 Å². The maximum absolute atomic E-state index is 12.5. The van der Waals surface area contributed by atoms with Gasteiger partial charge >= 0.3 is 0 Å². The smallest absolute Gasteiger partial charge is 0.231 e. The van der Waals surface area contributed by atoms with E-state index in [1.54, 1.807) is 6.07 Å². The number of hydrogen-bond donors (Lipinski definition) is 0. The van der Waals surface area contributed by atoms with Crippen molar-refractivity contribution in [3.8, 4) is 0 Å². The van der Waals surface area contributed by atoms with Crippen LogP contribution in [0.2, 0.25) is 0 Å². The number of aryl methyl sites for hydroxylation is 1. The second kappa shape index (κ2) is 13.6. The molecule has 0 aromatic heterocycles. The molecular weight excluding hydrogens is 536 g/mol. The summed E-state index contributed by atoms with van der Waals surface area (Å²) in [6.07, 6.45) is 0. The largest absolute Gasteiger partial charge is 0.726 e. The summed E-state index contributed by atoms with van der Waals surface area (Å²) in [7, 11) is -9.09. The Bertz CT molecular complexity index is 1330. The van der Waals surface area contributed by atoms with E-state index in [1.165, 1.54) is 12.1 Å². The minimum absolute atomic E-state index is 0.0682. The van der Waals surface area contributed by atoms with Crippen LogP contribution in [0, 0.1) is 13.5 Å². The quantitative estimate of drug-likeness (QED) is 0.0634. The summed E-state index contributed by atoms with van der Waals surface area (Å²) in [5.41, 5.74) is 2.42. The third kappa shape index (κ3) is 9.11. The molecule has 0 saturated carbocycles. The summed E-state index contributed by atoms with van der Waals surface area (Å²) in [5, 5.41) is 22.0. The van der Waals surface area contributed by atoms with E-state index >= 15 is 0 Å². The first-order chi connectivity index (χ1) is 17.0. The molecule has 0 aliphatic rings. The van der Waals surface area contributed by atoms with Crippen molar-refractivity contribution < 1.29 is 40.2 Å². The van der Waals surface area contributed by atoms with Gasteiger partial charge in [0.25, 0.3) is 0 Å². The molecule has 0 amide bonds. The highest BCUT2D eigenvalue weighted by atomic mass is 32.3. The van der Waals surface area contributed by atoms with Crippen molar-refractivity contribution in [3.05, 3.63) is 53.4 Å². The molecule has 0 spiro atoms. The maximum atomic E-state index is 12.5. The van der Waals surface area contributed by atoms with Crippen LogP contribution in [0.3, 0.4) is 0 Å². The van der Waals surface area contributed by atoms with Gasteiger partial charge in [-0.15, -0.1) is 5.11 Å². The molecule has 2 rings (SSSR count). The van der Waals surface area contributed by atoms with E-state index in [9.17, 15) is 26.6 Å². The van der Waals surface area contributed by atoms with Crippen LogP contribution in [0.15, 0.2) is 56.4 Å². The first-order valence-corrected chi connectivity index (χ1v) is 13.9. The lowest BCUT2D eigenvalue weighted by Gasteiger charge is -2.21. The Kier molecular flexibility index (Phi) is 11.2. The molecule has 13 nitrogen and oxygen atoms in total. The normalized spacial score (nSPS) is 12.1. The van der Waals surface area contributed by atoms with Crippen LogP contribution in [0.25, 0.3) is 4.85 Å². The predicted molar refractivity (Wildman–Crippen MR) is 127 cm³/mol. The van der Waals surface area contributed by atoms with Crippen molar-refractivity contribution in [1.82, 2.24) is 0 Å². The summed E-state index contributed by atoms with van der Waals surface area (Å²) in [6.45, 7) is 11.6. The van der Waals surface area contributed by atoms with Gasteiger partial charge in [-0.1, -0.05) is 0 Å². The van der Waals surface area contributed by atoms with Gasteiger partial charge in [0.1, 0.15) is 5.69 Å². The molecule has 2 aromatic rings. The third-order valence-corrected chi connectivity index (χ3v) is 7.46. The highest BCUT2D eigenvalue weighted by molar-refractivity contribution is 7.95. The van der Waals surface area contributed by atoms with Gasteiger partial charge < -0.3 is 19.6 Å². The number of anilines is 1. The number of likely N-dealkylation sites (N-methyl/N-ethyl adjacent to an activating group) is 1. The highest BCUT2D eigenvalue weighted by Crippen LogP contribution is 2.35. The Morgan fingerprint density at radius 1 is 1.11 bits per heavy atom. The predicted octanol–water partition coefficient (Wildman–Crippen LogP) is 2.64. The fourth-order valence-electron chi connectivity index (χ4n) is 2.95. The minimum atomic E-state index is -5.04. The molecule has 0 heterocycles. The van der Waals surface area contributed by atoms with E-state index in [4.69, 9.17) is 6.57 Å². The first kappa shape index (κ1) is 29.6. The van der Waals surface area contributed by atoms with Crippen LogP contribution in [0.4, 0.5) is 17.1 Å². The van der Waals surface area contributed by atoms with Crippen molar-refractivity contribution in [2.75, 3.05) is 36.9 Å². The third-order valence-electron chi connectivity index (χ3n) is 4.70. The second-order valence-corrected chi connectivity index (χ2v) is 10.9. The lowest BCUT2D eigenvalue weighted by atomic mass is 10.1. The zero-order chi connectivity index (χ0) is 26.8. The van der Waals surface area contributed by atoms with Gasteiger partial charge in [0.15, 0.2) is 9.84 Å². The molecule has 2 aromatic carbocycles. The molecular formula is C20H22N4O9S3-2. The SMILES string of the molecule is [C-]#[N+]CCN(CC)c1ccc(N=Nc2ccc(S(=O)(=O)CCOS(=O)(=O)[O-])cc2SOO[O-])c(C)c1. The van der Waals surface area contributed by atoms with Gasteiger partial charge in [-0.2, -0.15) is 9.45 Å². The molecule has 16 heteroatoms. The Balaban J connectivity index is 2.29. The molecule has 0 bridgehead atoms. The number of hydrogen-bond acceptors (Lipinski definition) is 13. The zero-order valence-electron chi connectivity index (χ0n) is 19.2. The van der Waals surface area contributed by atoms with Crippen molar-refractivity contribution in [2.45, 2.75) is 23.6 Å². The summed E-state index contributed by atoms with van der Waals surface area (Å²) in [5.74, 6) is -0.783. The van der Waals surface area contributed by atoms with Crippen molar-refractivity contribution in [2.24, 2.45) is 10.2 Å². The van der Waals surface area contributed by atoms with E-state index in [1.807, 2.05) is 26.0 Å². The second-order valence-electron chi connectivity index (χ2n) is 7.03. The van der Waals surface area contributed by atoms with Gasteiger partial charge in [0.2, 0.25) is 16.9 Å². The number of azo groups is 1. The molecule has 0 fully saturated rings. The highest BCUT2D eigenvalue weighted by Gasteiger charge is 2.18. The molecule has 0 N–H and O–H groups in total. The fraction of sp³-hybridized carbons (Fsp3) is 0.350. The molecule has 0 atom stereocenters. The van der Waals surface area contributed by atoms with Gasteiger partial charge in [0, 0.05) is 12.2 Å². The van der Waals surface area contributed by atoms with Crippen LogP contribution in [0.5, 0.6) is 0 Å². The number of benzene rings is 2. The average Bonchev–Trinajstić information content (AvgIpc) is 2.82. The van der Waals surface area contributed by atoms with Crippen LogP contribution < -0.4 is 10.2 Å². The lowest BCUT2D eigenvalue weighted by Crippen LogP contribution is -2.25. The monoisotopic (exact) mass is 558 g/mol. The topological polar surface area (TPSA) is 174 Å². The van der Waals surface area contributed by atoms with Crippen LogP contribution in [-0.2, 0) is 33.8 Å². The first-order valence-electron chi connectivity index (χ1n) is 10.2. The Morgan fingerprint density at radius 3 is 2.42 bits per heavy atom. The van der Waals surface area contributed by atoms with Crippen LogP contribution in [0.1, 0.15) is 12.5 Å². The van der Waals surface area contributed by atoms with Gasteiger partial charge in [-0.25, -0.2) is 23.4 Å². The molecule has 196 valence electrons. The molecule has 0 radical (unpaired) electrons. The van der Waals surface area contributed by atoms with E-state index in [2.05, 4.69) is 33.5 Å². The molecule has 0 aliphatic heterocycles. The number of nitrogens with zero attached hydrogens (tertiary/aromatic N) is 4. The lowest BCUT2D eigenvalue weighted by molar-refractivity contribution is -0.777. The zero-order valence-corrected chi connectivity index (χ0v) is 21.6. The fourth-order valence-corrected chi connectivity index (χ4v) is 5.00. The molecule has 36 heavy (non-hydrogen) atoms. The number of rotatable bonds is 14. The Hall–Kier alpha value is -2.62. The average molecular weight is 559 g/mol. The van der Waals surface area contributed by atoms with Gasteiger partial charge in [-0.05, 0) is 55.8 Å². The van der Waals surface area contributed by atoms with E-state index in [-0.39, 0.29) is 15.5 Å². The molecule has 0 saturated heterocycles. The van der Waals surface area contributed by atoms with Crippen LogP contribution in [-0.4, -0.2) is 53.4 Å². The molecule has 0 aliphatic carbocycles. The van der Waals surface area contributed by atoms with Crippen molar-refractivity contribution in [3.63, 3.8) is 0 Å². The standard InChI is InChI=1S/C20H24N4O9S3/c1-4-24(10-9-21-3)16-5-7-18(15(2)13-16)22-23-19-8-6-17(14-20(19)34-33-32-25)35(26,27)12-11-31-36(28,29)30/h5-8,13-14,25H,4,9-12H2,1-2H3,(H,28,29,30)/p-2. The Morgan fingerprint density at radius 2 is 1.81 bits per heavy atom. The van der Waals surface area contributed by atoms with Crippen molar-refractivity contribution >= 4 is 49.3 Å². The van der Waals surface area contributed by atoms with Crippen LogP contribution >= 0.6 is 12.0 Å².